The van der Waals surface area contributed by atoms with Crippen molar-refractivity contribution in [2.45, 2.75) is 51.6 Å². The van der Waals surface area contributed by atoms with Gasteiger partial charge in [0.15, 0.2) is 0 Å². The average molecular weight is 389 g/mol. The van der Waals surface area contributed by atoms with Gasteiger partial charge in [-0.25, -0.2) is 0 Å². The van der Waals surface area contributed by atoms with Gasteiger partial charge in [0.05, 0.1) is 13.2 Å². The van der Waals surface area contributed by atoms with Crippen molar-refractivity contribution in [3.63, 3.8) is 0 Å². The lowest BCUT2D eigenvalue weighted by Gasteiger charge is -2.26. The van der Waals surface area contributed by atoms with Crippen molar-refractivity contribution in [2.24, 2.45) is 5.92 Å². The molecule has 1 aromatic carbocycles. The summed E-state index contributed by atoms with van der Waals surface area (Å²) in [4.78, 5) is 17.5. The van der Waals surface area contributed by atoms with Crippen LogP contribution in [0.2, 0.25) is 0 Å². The second-order valence-corrected chi connectivity index (χ2v) is 8.72. The highest BCUT2D eigenvalue weighted by molar-refractivity contribution is 5.82. The summed E-state index contributed by atoms with van der Waals surface area (Å²) in [7, 11) is 1.68. The Kier molecular flexibility index (Phi) is 7.00. The maximum Gasteiger partial charge on any atom is 0.251 e. The molecule has 2 aliphatic heterocycles. The Morgan fingerprint density at radius 1 is 1.36 bits per heavy atom. The van der Waals surface area contributed by atoms with E-state index in [4.69, 9.17) is 9.47 Å². The number of nitrogens with zero attached hydrogens (tertiary/aromatic N) is 2. The van der Waals surface area contributed by atoms with E-state index < -0.39 is 0 Å². The summed E-state index contributed by atoms with van der Waals surface area (Å²) < 4.78 is 11.3. The Bertz CT molecular complexity index is 663. The van der Waals surface area contributed by atoms with E-state index in [1.165, 1.54) is 17.7 Å². The SMILES string of the molecule is CCCN(CCOC)C(=O)[C@H]1C[C@@]2(CO1)CN(CCC(C)C)c1ccccc12. The molecule has 156 valence electrons. The third kappa shape index (κ3) is 4.36. The van der Waals surface area contributed by atoms with Crippen molar-refractivity contribution in [1.82, 2.24) is 4.90 Å². The van der Waals surface area contributed by atoms with E-state index >= 15 is 0 Å². The number of anilines is 1. The van der Waals surface area contributed by atoms with Gasteiger partial charge in [-0.3, -0.25) is 4.79 Å². The number of benzene rings is 1. The summed E-state index contributed by atoms with van der Waals surface area (Å²) in [6.45, 7) is 11.2. The van der Waals surface area contributed by atoms with Crippen LogP contribution in [-0.2, 0) is 19.7 Å². The van der Waals surface area contributed by atoms with Gasteiger partial charge in [0.2, 0.25) is 0 Å². The van der Waals surface area contributed by atoms with Crippen molar-refractivity contribution < 1.29 is 14.3 Å². The smallest absolute Gasteiger partial charge is 0.251 e. The highest BCUT2D eigenvalue weighted by Gasteiger charge is 2.50. The molecule has 5 heteroatoms. The standard InChI is InChI=1S/C23H36N2O3/c1-5-11-24(13-14-27-4)22(26)21-15-23(17-28-21)16-25(12-10-18(2)3)20-9-7-6-8-19(20)23/h6-9,18,21H,5,10-17H2,1-4H3/t21-,23+/m1/s1. The zero-order valence-electron chi connectivity index (χ0n) is 17.9. The summed E-state index contributed by atoms with van der Waals surface area (Å²) in [6.07, 6.45) is 2.55. The number of methoxy groups -OCH3 is 1. The van der Waals surface area contributed by atoms with Crippen LogP contribution in [0.15, 0.2) is 24.3 Å². The molecule has 1 amide bonds. The first-order valence-electron chi connectivity index (χ1n) is 10.7. The Hall–Kier alpha value is -1.59. The van der Waals surface area contributed by atoms with Crippen molar-refractivity contribution in [2.75, 3.05) is 51.4 Å². The van der Waals surface area contributed by atoms with Crippen LogP contribution in [0, 0.1) is 5.92 Å². The van der Waals surface area contributed by atoms with Crippen molar-refractivity contribution in [3.8, 4) is 0 Å². The van der Waals surface area contributed by atoms with Gasteiger partial charge in [0, 0.05) is 44.4 Å². The quantitative estimate of drug-likeness (QED) is 0.650. The normalized spacial score (nSPS) is 23.6. The van der Waals surface area contributed by atoms with E-state index in [0.29, 0.717) is 25.7 Å². The van der Waals surface area contributed by atoms with Gasteiger partial charge in [0.1, 0.15) is 6.10 Å². The number of rotatable bonds is 9. The van der Waals surface area contributed by atoms with Crippen LogP contribution in [0.3, 0.4) is 0 Å². The fraction of sp³-hybridized carbons (Fsp3) is 0.696. The summed E-state index contributed by atoms with van der Waals surface area (Å²) >= 11 is 0. The molecular formula is C23H36N2O3. The molecular weight excluding hydrogens is 352 g/mol. The molecule has 2 heterocycles. The van der Waals surface area contributed by atoms with Gasteiger partial charge in [-0.1, -0.05) is 39.0 Å². The number of fused-ring (bicyclic) bond motifs is 2. The minimum atomic E-state index is -0.346. The Morgan fingerprint density at radius 3 is 2.86 bits per heavy atom. The topological polar surface area (TPSA) is 42.0 Å². The van der Waals surface area contributed by atoms with E-state index in [-0.39, 0.29) is 17.4 Å². The van der Waals surface area contributed by atoms with Crippen LogP contribution in [-0.4, -0.2) is 63.4 Å². The van der Waals surface area contributed by atoms with E-state index in [2.05, 4.69) is 49.9 Å². The maximum absolute atomic E-state index is 13.1. The van der Waals surface area contributed by atoms with Gasteiger partial charge in [-0.15, -0.1) is 0 Å². The van der Waals surface area contributed by atoms with Crippen molar-refractivity contribution >= 4 is 11.6 Å². The highest BCUT2D eigenvalue weighted by Crippen LogP contribution is 2.47. The molecule has 0 N–H and O–H groups in total. The summed E-state index contributed by atoms with van der Waals surface area (Å²) in [6, 6.07) is 8.69. The van der Waals surface area contributed by atoms with Gasteiger partial charge < -0.3 is 19.3 Å². The molecule has 1 spiro atoms. The largest absolute Gasteiger partial charge is 0.383 e. The highest BCUT2D eigenvalue weighted by atomic mass is 16.5. The molecule has 0 bridgehead atoms. The zero-order valence-corrected chi connectivity index (χ0v) is 17.9. The summed E-state index contributed by atoms with van der Waals surface area (Å²) in [5, 5.41) is 0. The molecule has 5 nitrogen and oxygen atoms in total. The minimum Gasteiger partial charge on any atom is -0.383 e. The van der Waals surface area contributed by atoms with E-state index in [0.717, 1.165) is 32.5 Å². The van der Waals surface area contributed by atoms with Gasteiger partial charge in [0.25, 0.3) is 5.91 Å². The monoisotopic (exact) mass is 388 g/mol. The second kappa shape index (κ2) is 9.27. The van der Waals surface area contributed by atoms with E-state index in [9.17, 15) is 4.79 Å². The van der Waals surface area contributed by atoms with Crippen LogP contribution in [0.4, 0.5) is 5.69 Å². The number of carbonyl (C=O) groups is 1. The molecule has 0 aromatic heterocycles. The number of hydrogen-bond donors (Lipinski definition) is 0. The second-order valence-electron chi connectivity index (χ2n) is 8.72. The molecule has 1 saturated heterocycles. The summed E-state index contributed by atoms with van der Waals surface area (Å²) in [5.41, 5.74) is 2.62. The average Bonchev–Trinajstić information content (AvgIpc) is 3.26. The first-order chi connectivity index (χ1) is 13.5. The van der Waals surface area contributed by atoms with Gasteiger partial charge in [-0.2, -0.15) is 0 Å². The molecule has 2 atom stereocenters. The van der Waals surface area contributed by atoms with Crippen LogP contribution in [0.25, 0.3) is 0 Å². The predicted octanol–water partition coefficient (Wildman–Crippen LogP) is 3.46. The van der Waals surface area contributed by atoms with Gasteiger partial charge in [-0.05, 0) is 36.8 Å². The van der Waals surface area contributed by atoms with Crippen LogP contribution < -0.4 is 4.90 Å². The number of hydrogen-bond acceptors (Lipinski definition) is 4. The lowest BCUT2D eigenvalue weighted by molar-refractivity contribution is -0.141. The van der Waals surface area contributed by atoms with E-state index in [1.807, 2.05) is 4.90 Å². The fourth-order valence-electron chi connectivity index (χ4n) is 4.54. The third-order valence-electron chi connectivity index (χ3n) is 6.07. The molecule has 0 aliphatic carbocycles. The van der Waals surface area contributed by atoms with Crippen LogP contribution in [0.1, 0.15) is 45.6 Å². The molecule has 28 heavy (non-hydrogen) atoms. The van der Waals surface area contributed by atoms with E-state index in [1.54, 1.807) is 7.11 Å². The van der Waals surface area contributed by atoms with Crippen molar-refractivity contribution in [3.05, 3.63) is 29.8 Å². The molecule has 1 aromatic rings. The molecule has 3 rings (SSSR count). The molecule has 1 fully saturated rings. The third-order valence-corrected chi connectivity index (χ3v) is 6.07. The molecule has 0 radical (unpaired) electrons. The maximum atomic E-state index is 13.1. The lowest BCUT2D eigenvalue weighted by Crippen LogP contribution is -2.42. The molecule has 2 aliphatic rings. The van der Waals surface area contributed by atoms with Gasteiger partial charge >= 0.3 is 0 Å². The summed E-state index contributed by atoms with van der Waals surface area (Å²) in [5.74, 6) is 0.801. The minimum absolute atomic E-state index is 0.0625. The Morgan fingerprint density at radius 2 is 2.14 bits per heavy atom. The Balaban J connectivity index is 1.74. The number of amides is 1. The van der Waals surface area contributed by atoms with Crippen LogP contribution in [0.5, 0.6) is 0 Å². The lowest BCUT2D eigenvalue weighted by atomic mass is 9.80. The molecule has 0 saturated carbocycles. The first-order valence-corrected chi connectivity index (χ1v) is 10.7. The predicted molar refractivity (Wildman–Crippen MR) is 113 cm³/mol. The fourth-order valence-corrected chi connectivity index (χ4v) is 4.54. The van der Waals surface area contributed by atoms with Crippen LogP contribution >= 0.6 is 0 Å². The first kappa shape index (κ1) is 21.1. The Labute approximate surface area is 170 Å². The zero-order chi connectivity index (χ0) is 20.1. The number of para-hydroxylation sites is 1. The van der Waals surface area contributed by atoms with Crippen molar-refractivity contribution in [1.29, 1.82) is 0 Å². The molecule has 0 unspecified atom stereocenters. The number of ether oxygens (including phenoxy) is 2. The number of carbonyl (C=O) groups excluding carboxylic acids is 1.